The Bertz CT molecular complexity index is 513. The lowest BCUT2D eigenvalue weighted by atomic mass is 9.96. The van der Waals surface area contributed by atoms with Crippen molar-refractivity contribution < 1.29 is 9.59 Å². The van der Waals surface area contributed by atoms with E-state index in [9.17, 15) is 9.59 Å². The Morgan fingerprint density at radius 1 is 1.57 bits per heavy atom. The molecule has 1 atom stereocenters. The molecule has 1 fully saturated rings. The molecule has 0 aromatic carbocycles. The van der Waals surface area contributed by atoms with Crippen LogP contribution < -0.4 is 5.32 Å². The summed E-state index contributed by atoms with van der Waals surface area (Å²) in [6.07, 6.45) is 1.80. The molecule has 2 rings (SSSR count). The molecule has 0 aliphatic carbocycles. The summed E-state index contributed by atoms with van der Waals surface area (Å²) >= 11 is 7.43. The fraction of sp³-hybridized carbons (Fsp3) is 0.643. The molecule has 2 heterocycles. The molecule has 0 bridgehead atoms. The summed E-state index contributed by atoms with van der Waals surface area (Å²) in [4.78, 5) is 29.8. The number of rotatable bonds is 5. The maximum atomic E-state index is 12.1. The lowest BCUT2D eigenvalue weighted by Gasteiger charge is -2.30. The van der Waals surface area contributed by atoms with E-state index in [4.69, 9.17) is 11.6 Å². The standard InChI is InChI=1S/C14H20ClN3O2S/c1-3-18-8-10(4-5-12(18)19)14(20)16-7-6-11-17-9(2)13(15)21-11/h10H,3-8H2,1-2H3,(H,16,20)/t10-/m0/s1. The van der Waals surface area contributed by atoms with Crippen molar-refractivity contribution in [3.63, 3.8) is 0 Å². The molecule has 1 saturated heterocycles. The van der Waals surface area contributed by atoms with E-state index in [0.29, 0.717) is 43.2 Å². The van der Waals surface area contributed by atoms with Crippen molar-refractivity contribution in [2.75, 3.05) is 19.6 Å². The number of amides is 2. The molecule has 1 aromatic rings. The highest BCUT2D eigenvalue weighted by atomic mass is 35.5. The number of carbonyl (C=O) groups excluding carboxylic acids is 2. The van der Waals surface area contributed by atoms with Gasteiger partial charge in [-0.2, -0.15) is 0 Å². The second-order valence-electron chi connectivity index (χ2n) is 5.18. The number of piperidine rings is 1. The Balaban J connectivity index is 1.78. The van der Waals surface area contributed by atoms with Gasteiger partial charge in [-0.1, -0.05) is 11.6 Å². The first kappa shape index (κ1) is 16.2. The van der Waals surface area contributed by atoms with Gasteiger partial charge in [-0.05, 0) is 20.3 Å². The van der Waals surface area contributed by atoms with Crippen LogP contribution in [0.3, 0.4) is 0 Å². The summed E-state index contributed by atoms with van der Waals surface area (Å²) in [7, 11) is 0. The number of halogens is 1. The van der Waals surface area contributed by atoms with Gasteiger partial charge in [-0.15, -0.1) is 11.3 Å². The van der Waals surface area contributed by atoms with Crippen molar-refractivity contribution >= 4 is 34.8 Å². The minimum atomic E-state index is -0.0933. The van der Waals surface area contributed by atoms with Crippen LogP contribution >= 0.6 is 22.9 Å². The zero-order valence-corrected chi connectivity index (χ0v) is 13.9. The predicted molar refractivity (Wildman–Crippen MR) is 83.6 cm³/mol. The third-order valence-electron chi connectivity index (χ3n) is 3.68. The van der Waals surface area contributed by atoms with Crippen LogP contribution in [-0.4, -0.2) is 41.3 Å². The maximum absolute atomic E-state index is 12.1. The summed E-state index contributed by atoms with van der Waals surface area (Å²) in [5.74, 6) is 0.0825. The quantitative estimate of drug-likeness (QED) is 0.899. The van der Waals surface area contributed by atoms with Crippen LogP contribution in [0.4, 0.5) is 0 Å². The van der Waals surface area contributed by atoms with Crippen LogP contribution in [-0.2, 0) is 16.0 Å². The number of nitrogens with zero attached hydrogens (tertiary/aromatic N) is 2. The molecule has 0 saturated carbocycles. The van der Waals surface area contributed by atoms with Gasteiger partial charge in [0, 0.05) is 32.5 Å². The number of aryl methyl sites for hydroxylation is 1. The van der Waals surface area contributed by atoms with E-state index in [2.05, 4.69) is 10.3 Å². The van der Waals surface area contributed by atoms with Gasteiger partial charge in [-0.25, -0.2) is 4.98 Å². The third-order valence-corrected chi connectivity index (χ3v) is 5.19. The molecular weight excluding hydrogens is 310 g/mol. The average Bonchev–Trinajstić information content (AvgIpc) is 2.78. The summed E-state index contributed by atoms with van der Waals surface area (Å²) < 4.78 is 0.709. The van der Waals surface area contributed by atoms with Crippen LogP contribution in [0.2, 0.25) is 4.34 Å². The zero-order valence-electron chi connectivity index (χ0n) is 12.3. The first-order valence-corrected chi connectivity index (χ1v) is 8.38. The predicted octanol–water partition coefficient (Wildman–Crippen LogP) is 2.02. The highest BCUT2D eigenvalue weighted by molar-refractivity contribution is 7.16. The lowest BCUT2D eigenvalue weighted by molar-refractivity contribution is -0.138. The second-order valence-corrected chi connectivity index (χ2v) is 6.86. The zero-order chi connectivity index (χ0) is 15.4. The Hall–Kier alpha value is -1.14. The molecule has 1 aromatic heterocycles. The topological polar surface area (TPSA) is 62.3 Å². The van der Waals surface area contributed by atoms with E-state index in [-0.39, 0.29) is 17.7 Å². The smallest absolute Gasteiger partial charge is 0.224 e. The fourth-order valence-corrected chi connectivity index (χ4v) is 3.51. The van der Waals surface area contributed by atoms with E-state index in [1.54, 1.807) is 4.90 Å². The summed E-state index contributed by atoms with van der Waals surface area (Å²) in [6, 6.07) is 0. The molecule has 0 radical (unpaired) electrons. The van der Waals surface area contributed by atoms with Crippen LogP contribution in [0.25, 0.3) is 0 Å². The molecule has 1 aliphatic rings. The van der Waals surface area contributed by atoms with Crippen molar-refractivity contribution in [1.29, 1.82) is 0 Å². The Morgan fingerprint density at radius 2 is 2.33 bits per heavy atom. The van der Waals surface area contributed by atoms with Crippen molar-refractivity contribution in [2.45, 2.75) is 33.1 Å². The van der Waals surface area contributed by atoms with Gasteiger partial charge in [-0.3, -0.25) is 9.59 Å². The molecule has 0 unspecified atom stereocenters. The number of carbonyl (C=O) groups is 2. The summed E-state index contributed by atoms with van der Waals surface area (Å²) in [5.41, 5.74) is 0.840. The third kappa shape index (κ3) is 4.17. The molecule has 1 N–H and O–H groups in total. The van der Waals surface area contributed by atoms with Crippen molar-refractivity contribution in [1.82, 2.24) is 15.2 Å². The van der Waals surface area contributed by atoms with Gasteiger partial charge in [0.05, 0.1) is 16.6 Å². The van der Waals surface area contributed by atoms with E-state index in [1.807, 2.05) is 13.8 Å². The molecule has 1 aliphatic heterocycles. The lowest BCUT2D eigenvalue weighted by Crippen LogP contribution is -2.45. The highest BCUT2D eigenvalue weighted by Crippen LogP contribution is 2.23. The van der Waals surface area contributed by atoms with Gasteiger partial charge in [0.15, 0.2) is 0 Å². The van der Waals surface area contributed by atoms with Gasteiger partial charge in [0.1, 0.15) is 4.34 Å². The number of likely N-dealkylation sites (tertiary alicyclic amines) is 1. The van der Waals surface area contributed by atoms with Gasteiger partial charge in [0.25, 0.3) is 0 Å². The largest absolute Gasteiger partial charge is 0.355 e. The molecule has 2 amide bonds. The van der Waals surface area contributed by atoms with Crippen LogP contribution in [0.1, 0.15) is 30.5 Å². The fourth-order valence-electron chi connectivity index (χ4n) is 2.41. The maximum Gasteiger partial charge on any atom is 0.224 e. The molecule has 0 spiro atoms. The van der Waals surface area contributed by atoms with E-state index in [1.165, 1.54) is 11.3 Å². The van der Waals surface area contributed by atoms with Crippen molar-refractivity contribution in [3.05, 3.63) is 15.0 Å². The number of nitrogens with one attached hydrogen (secondary N) is 1. The monoisotopic (exact) mass is 329 g/mol. The van der Waals surface area contributed by atoms with Crippen molar-refractivity contribution in [3.8, 4) is 0 Å². The number of hydrogen-bond acceptors (Lipinski definition) is 4. The summed E-state index contributed by atoms with van der Waals surface area (Å²) in [5, 5.41) is 3.87. The van der Waals surface area contributed by atoms with Gasteiger partial charge >= 0.3 is 0 Å². The van der Waals surface area contributed by atoms with Crippen LogP contribution in [0.15, 0.2) is 0 Å². The Labute approximate surface area is 133 Å². The van der Waals surface area contributed by atoms with Crippen LogP contribution in [0, 0.1) is 12.8 Å². The van der Waals surface area contributed by atoms with Crippen LogP contribution in [0.5, 0.6) is 0 Å². The Morgan fingerprint density at radius 3 is 2.95 bits per heavy atom. The molecule has 21 heavy (non-hydrogen) atoms. The van der Waals surface area contributed by atoms with E-state index in [0.717, 1.165) is 10.7 Å². The minimum absolute atomic E-state index is 0.0281. The Kier molecular flexibility index (Phi) is 5.58. The minimum Gasteiger partial charge on any atom is -0.355 e. The number of aromatic nitrogens is 1. The highest BCUT2D eigenvalue weighted by Gasteiger charge is 2.29. The van der Waals surface area contributed by atoms with Crippen molar-refractivity contribution in [2.24, 2.45) is 5.92 Å². The number of thiazole rings is 1. The molecule has 7 heteroatoms. The number of hydrogen-bond donors (Lipinski definition) is 1. The SMILES string of the molecule is CCN1C[C@@H](C(=O)NCCc2nc(C)c(Cl)s2)CCC1=O. The molecule has 5 nitrogen and oxygen atoms in total. The average molecular weight is 330 g/mol. The van der Waals surface area contributed by atoms with E-state index >= 15 is 0 Å². The second kappa shape index (κ2) is 7.22. The first-order valence-electron chi connectivity index (χ1n) is 7.18. The molecule has 116 valence electrons. The van der Waals surface area contributed by atoms with E-state index < -0.39 is 0 Å². The normalized spacial score (nSPS) is 18.9. The first-order chi connectivity index (χ1) is 10.0. The summed E-state index contributed by atoms with van der Waals surface area (Å²) in [6.45, 7) is 5.56. The van der Waals surface area contributed by atoms with Gasteiger partial charge < -0.3 is 10.2 Å². The van der Waals surface area contributed by atoms with Gasteiger partial charge in [0.2, 0.25) is 11.8 Å². The molecular formula is C14H20ClN3O2S.